The number of β-amino-alcohol motifs (C(OH)–C–C–N with tert-alkyl or cyclic N) is 1. The van der Waals surface area contributed by atoms with Crippen LogP contribution in [-0.2, 0) is 0 Å². The highest BCUT2D eigenvalue weighted by molar-refractivity contribution is 4.98. The fourth-order valence-corrected chi connectivity index (χ4v) is 1.37. The third-order valence-corrected chi connectivity index (χ3v) is 2.05. The first kappa shape index (κ1) is 8.51. The predicted octanol–water partition coefficient (Wildman–Crippen LogP) is 0.211. The van der Waals surface area contributed by atoms with Gasteiger partial charge in [-0.1, -0.05) is 13.8 Å². The summed E-state index contributed by atoms with van der Waals surface area (Å²) >= 11 is 0. The maximum Gasteiger partial charge on any atom is 0.100 e. The largest absolute Gasteiger partial charge is 0.390 e. The molecule has 0 bridgehead atoms. The maximum absolute atomic E-state index is 8.99. The molecule has 0 radical (unpaired) electrons. The first-order valence-corrected chi connectivity index (χ1v) is 3.97. The third-order valence-electron chi connectivity index (χ3n) is 2.05. The second-order valence-electron chi connectivity index (χ2n) is 3.43. The Morgan fingerprint density at radius 1 is 1.55 bits per heavy atom. The first-order valence-electron chi connectivity index (χ1n) is 3.97. The zero-order valence-electron chi connectivity index (χ0n) is 6.99. The molecule has 11 heavy (non-hydrogen) atoms. The fourth-order valence-electron chi connectivity index (χ4n) is 1.37. The smallest absolute Gasteiger partial charge is 0.100 e. The van der Waals surface area contributed by atoms with Crippen LogP contribution in [0.5, 0.6) is 0 Å². The molecular weight excluding hydrogens is 140 g/mol. The monoisotopic (exact) mass is 154 g/mol. The van der Waals surface area contributed by atoms with Crippen molar-refractivity contribution in [2.45, 2.75) is 26.0 Å². The molecule has 1 N–H and O–H groups in total. The molecule has 1 aliphatic heterocycles. The van der Waals surface area contributed by atoms with E-state index in [4.69, 9.17) is 10.4 Å². The van der Waals surface area contributed by atoms with Gasteiger partial charge in [-0.05, 0) is 5.92 Å². The highest BCUT2D eigenvalue weighted by Crippen LogP contribution is 2.17. The van der Waals surface area contributed by atoms with E-state index in [-0.39, 0.29) is 12.1 Å². The van der Waals surface area contributed by atoms with Crippen molar-refractivity contribution in [1.29, 1.82) is 5.26 Å². The maximum atomic E-state index is 8.99. The summed E-state index contributed by atoms with van der Waals surface area (Å²) in [4.78, 5) is 2.01. The zero-order valence-corrected chi connectivity index (χ0v) is 6.99. The minimum absolute atomic E-state index is 0.0154. The van der Waals surface area contributed by atoms with Gasteiger partial charge in [0.2, 0.25) is 0 Å². The van der Waals surface area contributed by atoms with Crippen LogP contribution < -0.4 is 0 Å². The molecule has 62 valence electrons. The summed E-state index contributed by atoms with van der Waals surface area (Å²) in [6.45, 7) is 5.38. The highest BCUT2D eigenvalue weighted by atomic mass is 16.3. The average Bonchev–Trinajstić information content (AvgIpc) is 1.85. The third kappa shape index (κ3) is 1.70. The molecule has 1 aliphatic rings. The number of likely N-dealkylation sites (tertiary alicyclic amines) is 1. The molecule has 1 fully saturated rings. The van der Waals surface area contributed by atoms with E-state index in [1.54, 1.807) is 0 Å². The van der Waals surface area contributed by atoms with Crippen molar-refractivity contribution in [3.05, 3.63) is 0 Å². The van der Waals surface area contributed by atoms with Crippen LogP contribution in [0.15, 0.2) is 0 Å². The predicted molar refractivity (Wildman–Crippen MR) is 41.8 cm³/mol. The Morgan fingerprint density at radius 3 is 2.36 bits per heavy atom. The van der Waals surface area contributed by atoms with Gasteiger partial charge in [0.25, 0.3) is 0 Å². The summed E-state index contributed by atoms with van der Waals surface area (Å²) < 4.78 is 0. The number of hydrogen-bond donors (Lipinski definition) is 1. The quantitative estimate of drug-likeness (QED) is 0.618. The molecule has 0 aromatic carbocycles. The second kappa shape index (κ2) is 3.21. The van der Waals surface area contributed by atoms with Gasteiger partial charge in [-0.2, -0.15) is 5.26 Å². The summed E-state index contributed by atoms with van der Waals surface area (Å²) in [7, 11) is 0. The molecule has 1 saturated heterocycles. The van der Waals surface area contributed by atoms with Gasteiger partial charge >= 0.3 is 0 Å². The molecule has 3 heteroatoms. The van der Waals surface area contributed by atoms with Gasteiger partial charge in [0.15, 0.2) is 0 Å². The lowest BCUT2D eigenvalue weighted by Crippen LogP contribution is -2.56. The Bertz CT molecular complexity index is 167. The van der Waals surface area contributed by atoms with Gasteiger partial charge in [0, 0.05) is 13.1 Å². The molecule has 0 aromatic rings. The van der Waals surface area contributed by atoms with E-state index in [2.05, 4.69) is 6.07 Å². The van der Waals surface area contributed by atoms with E-state index >= 15 is 0 Å². The standard InChI is InChI=1S/C8H14N2O/c1-6(2)8(3-9)10-4-7(11)5-10/h6-8,11H,4-5H2,1-2H3/t8-/m0/s1. The van der Waals surface area contributed by atoms with Crippen LogP contribution in [0, 0.1) is 17.2 Å². The summed E-state index contributed by atoms with van der Waals surface area (Å²) in [5.74, 6) is 0.354. The van der Waals surface area contributed by atoms with Crippen molar-refractivity contribution in [1.82, 2.24) is 4.90 Å². The Balaban J connectivity index is 2.40. The Labute approximate surface area is 67.2 Å². The van der Waals surface area contributed by atoms with Crippen LogP contribution in [0.2, 0.25) is 0 Å². The van der Waals surface area contributed by atoms with Crippen molar-refractivity contribution >= 4 is 0 Å². The summed E-state index contributed by atoms with van der Waals surface area (Å²) in [6, 6.07) is 2.22. The first-order chi connectivity index (χ1) is 5.15. The van der Waals surface area contributed by atoms with Crippen LogP contribution >= 0.6 is 0 Å². The Hall–Kier alpha value is -0.590. The van der Waals surface area contributed by atoms with Gasteiger partial charge in [0.1, 0.15) is 6.04 Å². The van der Waals surface area contributed by atoms with Crippen molar-refractivity contribution in [2.24, 2.45) is 5.92 Å². The minimum Gasteiger partial charge on any atom is -0.390 e. The van der Waals surface area contributed by atoms with E-state index in [0.717, 1.165) is 0 Å². The van der Waals surface area contributed by atoms with Gasteiger partial charge < -0.3 is 5.11 Å². The summed E-state index contributed by atoms with van der Waals surface area (Å²) in [5.41, 5.74) is 0. The Kier molecular flexibility index (Phi) is 2.48. The molecule has 0 aromatic heterocycles. The number of rotatable bonds is 2. The number of nitrogens with zero attached hydrogens (tertiary/aromatic N) is 2. The molecule has 0 aliphatic carbocycles. The lowest BCUT2D eigenvalue weighted by atomic mass is 9.99. The number of aliphatic hydroxyl groups is 1. The SMILES string of the molecule is CC(C)[C@H](C#N)N1CC(O)C1. The van der Waals surface area contributed by atoms with E-state index in [1.165, 1.54) is 0 Å². The van der Waals surface area contributed by atoms with E-state index in [1.807, 2.05) is 18.7 Å². The van der Waals surface area contributed by atoms with Crippen LogP contribution in [0.3, 0.4) is 0 Å². The van der Waals surface area contributed by atoms with E-state index in [9.17, 15) is 0 Å². The molecule has 0 saturated carbocycles. The van der Waals surface area contributed by atoms with E-state index in [0.29, 0.717) is 19.0 Å². The van der Waals surface area contributed by atoms with Crippen molar-refractivity contribution < 1.29 is 5.11 Å². The van der Waals surface area contributed by atoms with Crippen molar-refractivity contribution in [3.8, 4) is 6.07 Å². The molecule has 1 heterocycles. The molecule has 0 unspecified atom stereocenters. The summed E-state index contributed by atoms with van der Waals surface area (Å²) in [5, 5.41) is 17.7. The lowest BCUT2D eigenvalue weighted by molar-refractivity contribution is -0.0212. The normalized spacial score (nSPS) is 22.8. The summed E-state index contributed by atoms with van der Waals surface area (Å²) in [6.07, 6.45) is -0.204. The lowest BCUT2D eigenvalue weighted by Gasteiger charge is -2.40. The van der Waals surface area contributed by atoms with Crippen LogP contribution in [-0.4, -0.2) is 35.2 Å². The fraction of sp³-hybridized carbons (Fsp3) is 0.875. The Morgan fingerprint density at radius 2 is 2.09 bits per heavy atom. The van der Waals surface area contributed by atoms with E-state index < -0.39 is 0 Å². The number of nitriles is 1. The average molecular weight is 154 g/mol. The van der Waals surface area contributed by atoms with Crippen LogP contribution in [0.25, 0.3) is 0 Å². The van der Waals surface area contributed by atoms with Gasteiger partial charge in [-0.3, -0.25) is 4.90 Å². The molecular formula is C8H14N2O. The molecule has 1 atom stereocenters. The van der Waals surface area contributed by atoms with Crippen LogP contribution in [0.1, 0.15) is 13.8 Å². The van der Waals surface area contributed by atoms with Crippen molar-refractivity contribution in [2.75, 3.05) is 13.1 Å². The highest BCUT2D eigenvalue weighted by Gasteiger charge is 2.32. The zero-order chi connectivity index (χ0) is 8.43. The minimum atomic E-state index is -0.204. The number of hydrogen-bond acceptors (Lipinski definition) is 3. The second-order valence-corrected chi connectivity index (χ2v) is 3.43. The topological polar surface area (TPSA) is 47.3 Å². The number of aliphatic hydroxyl groups excluding tert-OH is 1. The van der Waals surface area contributed by atoms with Crippen LogP contribution in [0.4, 0.5) is 0 Å². The molecule has 1 rings (SSSR count). The van der Waals surface area contributed by atoms with Gasteiger partial charge in [-0.15, -0.1) is 0 Å². The van der Waals surface area contributed by atoms with Crippen molar-refractivity contribution in [3.63, 3.8) is 0 Å². The molecule has 0 spiro atoms. The molecule has 3 nitrogen and oxygen atoms in total. The molecule has 0 amide bonds. The van der Waals surface area contributed by atoms with Gasteiger partial charge in [0.05, 0.1) is 12.2 Å². The van der Waals surface area contributed by atoms with Gasteiger partial charge in [-0.25, -0.2) is 0 Å².